The summed E-state index contributed by atoms with van der Waals surface area (Å²) >= 11 is 0. The van der Waals surface area contributed by atoms with E-state index in [9.17, 15) is 23.2 Å². The van der Waals surface area contributed by atoms with Crippen LogP contribution in [0.3, 0.4) is 0 Å². The molecule has 10 heteroatoms. The number of guanidine groups is 1. The summed E-state index contributed by atoms with van der Waals surface area (Å²) in [6.07, 6.45) is -0.392. The maximum atomic E-state index is 12.9. The number of carbonyl (C=O) groups is 1. The Hall–Kier alpha value is -3.74. The highest BCUT2D eigenvalue weighted by Gasteiger charge is 2.40. The van der Waals surface area contributed by atoms with Crippen LogP contribution >= 0.6 is 0 Å². The van der Waals surface area contributed by atoms with E-state index in [-0.39, 0.29) is 24.1 Å². The number of para-hydroxylation sites is 1. The number of nitrogens with zero attached hydrogens (tertiary/aromatic N) is 2. The number of amides is 1. The predicted octanol–water partition coefficient (Wildman–Crippen LogP) is 4.13. The number of halogens is 3. The number of rotatable bonds is 6. The molecule has 0 saturated heterocycles. The molecule has 34 heavy (non-hydrogen) atoms. The van der Waals surface area contributed by atoms with Gasteiger partial charge in [0.1, 0.15) is 5.75 Å². The highest BCUT2D eigenvalue weighted by Crippen LogP contribution is 2.40. The summed E-state index contributed by atoms with van der Waals surface area (Å²) in [6.45, 7) is 0.207. The van der Waals surface area contributed by atoms with Crippen molar-refractivity contribution in [1.29, 1.82) is 10.7 Å². The van der Waals surface area contributed by atoms with Crippen LogP contribution in [0.15, 0.2) is 54.6 Å². The van der Waals surface area contributed by atoms with Gasteiger partial charge in [-0.25, -0.2) is 4.90 Å². The van der Waals surface area contributed by atoms with Crippen molar-refractivity contribution < 1.29 is 22.7 Å². The molecule has 0 radical (unpaired) electrons. The van der Waals surface area contributed by atoms with Crippen LogP contribution in [-0.4, -0.2) is 42.8 Å². The summed E-state index contributed by atoms with van der Waals surface area (Å²) in [4.78, 5) is 14.2. The minimum Gasteiger partial charge on any atom is -0.405 e. The van der Waals surface area contributed by atoms with Crippen LogP contribution < -0.4 is 15.4 Å². The second kappa shape index (κ2) is 10.5. The maximum absolute atomic E-state index is 12.9. The van der Waals surface area contributed by atoms with Gasteiger partial charge >= 0.3 is 6.36 Å². The van der Waals surface area contributed by atoms with Gasteiger partial charge in [-0.15, -0.1) is 13.2 Å². The fourth-order valence-corrected chi connectivity index (χ4v) is 4.42. The molecule has 0 bridgehead atoms. The lowest BCUT2D eigenvalue weighted by atomic mass is 9.68. The lowest BCUT2D eigenvalue weighted by molar-refractivity contribution is -0.274. The summed E-state index contributed by atoms with van der Waals surface area (Å²) < 4.78 is 42.3. The highest BCUT2D eigenvalue weighted by atomic mass is 19.4. The summed E-state index contributed by atoms with van der Waals surface area (Å²) in [6, 6.07) is 14.7. The van der Waals surface area contributed by atoms with Gasteiger partial charge in [0.05, 0.1) is 5.56 Å². The van der Waals surface area contributed by atoms with E-state index < -0.39 is 23.4 Å². The molecule has 0 aliphatic heterocycles. The van der Waals surface area contributed by atoms with E-state index in [0.717, 1.165) is 11.6 Å². The second-order valence-corrected chi connectivity index (χ2v) is 8.17. The number of alkyl halides is 3. The zero-order valence-electron chi connectivity index (χ0n) is 18.7. The van der Waals surface area contributed by atoms with Crippen molar-refractivity contribution in [2.75, 3.05) is 13.6 Å². The van der Waals surface area contributed by atoms with Gasteiger partial charge in [0.25, 0.3) is 5.91 Å². The standard InChI is InChI=1S/C24H26F3N5O2/c1-30-22(29)32(16-28)18-11-13-23(14-12-18,17-7-3-2-4-8-17)15-31-21(33)19-9-5-6-10-20(19)34-24(25,26)27/h2-10,18H,11-15H2,1H3,(H2,29,30)(H,31,33). The van der Waals surface area contributed by atoms with Crippen LogP contribution in [0.5, 0.6) is 5.75 Å². The molecule has 1 fully saturated rings. The van der Waals surface area contributed by atoms with Crippen molar-refractivity contribution in [3.63, 3.8) is 0 Å². The molecule has 3 rings (SSSR count). The molecular weight excluding hydrogens is 447 g/mol. The molecule has 0 unspecified atom stereocenters. The van der Waals surface area contributed by atoms with Gasteiger partial charge in [0, 0.05) is 25.0 Å². The van der Waals surface area contributed by atoms with E-state index in [4.69, 9.17) is 5.41 Å². The molecule has 2 aromatic rings. The zero-order valence-corrected chi connectivity index (χ0v) is 18.7. The van der Waals surface area contributed by atoms with Gasteiger partial charge in [-0.3, -0.25) is 10.2 Å². The molecule has 1 aliphatic rings. The summed E-state index contributed by atoms with van der Waals surface area (Å²) in [5.74, 6) is -1.19. The first-order valence-corrected chi connectivity index (χ1v) is 10.8. The van der Waals surface area contributed by atoms with E-state index in [2.05, 4.69) is 21.6 Å². The molecule has 0 aromatic heterocycles. The van der Waals surface area contributed by atoms with Crippen molar-refractivity contribution in [3.8, 4) is 11.9 Å². The van der Waals surface area contributed by atoms with Crippen LogP contribution in [0.4, 0.5) is 13.2 Å². The van der Waals surface area contributed by atoms with E-state index >= 15 is 0 Å². The second-order valence-electron chi connectivity index (χ2n) is 8.17. The number of hydrogen-bond donors (Lipinski definition) is 3. The van der Waals surface area contributed by atoms with E-state index in [1.165, 1.54) is 23.1 Å². The predicted molar refractivity (Wildman–Crippen MR) is 120 cm³/mol. The monoisotopic (exact) mass is 473 g/mol. The number of nitrogens with one attached hydrogen (secondary N) is 3. The quantitative estimate of drug-likeness (QED) is 0.253. The summed E-state index contributed by atoms with van der Waals surface area (Å²) in [5, 5.41) is 22.9. The third-order valence-electron chi connectivity index (χ3n) is 6.19. The van der Waals surface area contributed by atoms with Crippen LogP contribution in [0.25, 0.3) is 0 Å². The first-order chi connectivity index (χ1) is 16.2. The van der Waals surface area contributed by atoms with Crippen LogP contribution in [0.1, 0.15) is 41.6 Å². The van der Waals surface area contributed by atoms with E-state index in [0.29, 0.717) is 25.7 Å². The third kappa shape index (κ3) is 5.78. The number of benzene rings is 2. The Bertz CT molecular complexity index is 1040. The molecule has 0 atom stereocenters. The zero-order chi connectivity index (χ0) is 24.8. The Morgan fingerprint density at radius 2 is 1.79 bits per heavy atom. The van der Waals surface area contributed by atoms with Crippen molar-refractivity contribution in [1.82, 2.24) is 15.5 Å². The van der Waals surface area contributed by atoms with Crippen molar-refractivity contribution in [2.24, 2.45) is 0 Å². The molecule has 1 aliphatic carbocycles. The van der Waals surface area contributed by atoms with Gasteiger partial charge in [0.2, 0.25) is 5.96 Å². The highest BCUT2D eigenvalue weighted by molar-refractivity contribution is 5.97. The van der Waals surface area contributed by atoms with Crippen molar-refractivity contribution >= 4 is 11.9 Å². The van der Waals surface area contributed by atoms with E-state index in [1.54, 1.807) is 7.05 Å². The van der Waals surface area contributed by atoms with Crippen LogP contribution in [0, 0.1) is 16.9 Å². The lowest BCUT2D eigenvalue weighted by Crippen LogP contribution is -2.49. The van der Waals surface area contributed by atoms with Gasteiger partial charge in [-0.05, 0) is 43.4 Å². The van der Waals surface area contributed by atoms with Gasteiger partial charge < -0.3 is 15.4 Å². The SMILES string of the molecule is CNC(=N)N(C#N)C1CCC(CNC(=O)c2ccccc2OC(F)(F)F)(c2ccccc2)CC1. The minimum absolute atomic E-state index is 0.0225. The Morgan fingerprint density at radius 3 is 2.38 bits per heavy atom. The molecule has 1 saturated carbocycles. The molecule has 7 nitrogen and oxygen atoms in total. The van der Waals surface area contributed by atoms with Gasteiger partial charge in [0.15, 0.2) is 6.19 Å². The van der Waals surface area contributed by atoms with E-state index in [1.807, 2.05) is 30.3 Å². The first-order valence-electron chi connectivity index (χ1n) is 10.8. The number of carbonyl (C=O) groups excluding carboxylic acids is 1. The van der Waals surface area contributed by atoms with Crippen LogP contribution in [0.2, 0.25) is 0 Å². The minimum atomic E-state index is -4.91. The third-order valence-corrected chi connectivity index (χ3v) is 6.19. The lowest BCUT2D eigenvalue weighted by Gasteiger charge is -2.42. The number of ether oxygens (including phenoxy) is 1. The smallest absolute Gasteiger partial charge is 0.405 e. The van der Waals surface area contributed by atoms with Crippen LogP contribution in [-0.2, 0) is 5.41 Å². The fraction of sp³-hybridized carbons (Fsp3) is 0.375. The molecule has 3 N–H and O–H groups in total. The Kier molecular flexibility index (Phi) is 7.66. The normalized spacial score (nSPS) is 20.0. The molecule has 2 aromatic carbocycles. The Balaban J connectivity index is 1.79. The number of hydrogen-bond acceptors (Lipinski definition) is 4. The Morgan fingerprint density at radius 1 is 1.18 bits per heavy atom. The van der Waals surface area contributed by atoms with Crippen molar-refractivity contribution in [3.05, 3.63) is 65.7 Å². The van der Waals surface area contributed by atoms with Gasteiger partial charge in [-0.2, -0.15) is 5.26 Å². The Labute approximate surface area is 196 Å². The molecule has 0 spiro atoms. The van der Waals surface area contributed by atoms with Gasteiger partial charge in [-0.1, -0.05) is 42.5 Å². The average Bonchev–Trinajstić information content (AvgIpc) is 2.83. The van der Waals surface area contributed by atoms with Crippen molar-refractivity contribution in [2.45, 2.75) is 43.5 Å². The topological polar surface area (TPSA) is 101 Å². The molecular formula is C24H26F3N5O2. The molecule has 180 valence electrons. The number of nitriles is 1. The maximum Gasteiger partial charge on any atom is 0.573 e. The average molecular weight is 473 g/mol. The fourth-order valence-electron chi connectivity index (χ4n) is 4.42. The molecule has 1 amide bonds. The summed E-state index contributed by atoms with van der Waals surface area (Å²) in [7, 11) is 1.58. The first kappa shape index (κ1) is 24.9. The largest absolute Gasteiger partial charge is 0.573 e. The molecule has 0 heterocycles. The summed E-state index contributed by atoms with van der Waals surface area (Å²) in [5.41, 5.74) is 0.339.